The molecule has 0 aliphatic carbocycles. The van der Waals surface area contributed by atoms with Crippen molar-refractivity contribution in [3.63, 3.8) is 0 Å². The predicted octanol–water partition coefficient (Wildman–Crippen LogP) is 5.35. The highest BCUT2D eigenvalue weighted by Crippen LogP contribution is 2.29. The summed E-state index contributed by atoms with van der Waals surface area (Å²) in [5, 5.41) is 3.46. The van der Waals surface area contributed by atoms with E-state index >= 15 is 0 Å². The van der Waals surface area contributed by atoms with E-state index in [1.165, 1.54) is 27.5 Å². The van der Waals surface area contributed by atoms with Crippen molar-refractivity contribution < 1.29 is 4.39 Å². The highest BCUT2D eigenvalue weighted by molar-refractivity contribution is 7.16. The molecule has 1 aromatic carbocycles. The molecule has 2 rings (SSSR count). The monoisotopic (exact) mass is 303 g/mol. The Morgan fingerprint density at radius 3 is 2.52 bits per heavy atom. The van der Waals surface area contributed by atoms with E-state index in [0.29, 0.717) is 6.04 Å². The van der Waals surface area contributed by atoms with Gasteiger partial charge < -0.3 is 5.32 Å². The second kappa shape index (κ2) is 7.53. The number of hydrogen-bond donors (Lipinski definition) is 1. The summed E-state index contributed by atoms with van der Waals surface area (Å²) in [5.74, 6) is -0.191. The number of benzene rings is 1. The average molecular weight is 303 g/mol. The summed E-state index contributed by atoms with van der Waals surface area (Å²) < 4.78 is 13.0. The van der Waals surface area contributed by atoms with Gasteiger partial charge in [0.15, 0.2) is 0 Å². The summed E-state index contributed by atoms with van der Waals surface area (Å²) in [6, 6.07) is 11.4. The molecule has 0 atom stereocenters. The van der Waals surface area contributed by atoms with Crippen molar-refractivity contribution in [3.8, 4) is 10.4 Å². The van der Waals surface area contributed by atoms with Crippen molar-refractivity contribution in [2.75, 3.05) is 6.54 Å². The average Bonchev–Trinajstić information content (AvgIpc) is 2.92. The Bertz CT molecular complexity index is 596. The van der Waals surface area contributed by atoms with Crippen LogP contribution >= 0.6 is 11.3 Å². The second-order valence-electron chi connectivity index (χ2n) is 5.40. The Hall–Kier alpha value is -1.45. The zero-order valence-electron chi connectivity index (χ0n) is 12.8. The van der Waals surface area contributed by atoms with Gasteiger partial charge in [-0.25, -0.2) is 4.39 Å². The van der Waals surface area contributed by atoms with Gasteiger partial charge in [0.05, 0.1) is 0 Å². The molecule has 0 saturated carbocycles. The van der Waals surface area contributed by atoms with E-state index in [1.807, 2.05) is 12.1 Å². The van der Waals surface area contributed by atoms with Crippen LogP contribution in [0.5, 0.6) is 0 Å². The first-order chi connectivity index (χ1) is 10.1. The molecule has 3 heteroatoms. The van der Waals surface area contributed by atoms with Crippen LogP contribution in [0.4, 0.5) is 4.39 Å². The number of nitrogens with one attached hydrogen (secondary N) is 1. The summed E-state index contributed by atoms with van der Waals surface area (Å²) in [6.45, 7) is 7.43. The lowest BCUT2D eigenvalue weighted by atomic mass is 10.1. The second-order valence-corrected chi connectivity index (χ2v) is 6.52. The van der Waals surface area contributed by atoms with Gasteiger partial charge in [0, 0.05) is 22.3 Å². The van der Waals surface area contributed by atoms with Crippen LogP contribution in [0.1, 0.15) is 32.1 Å². The van der Waals surface area contributed by atoms with Crippen molar-refractivity contribution >= 4 is 17.4 Å². The molecule has 0 saturated heterocycles. The molecular weight excluding hydrogens is 281 g/mol. The van der Waals surface area contributed by atoms with Crippen LogP contribution in [-0.4, -0.2) is 12.6 Å². The van der Waals surface area contributed by atoms with E-state index in [0.717, 1.165) is 18.5 Å². The molecule has 0 aliphatic heterocycles. The molecule has 0 unspecified atom stereocenters. The lowest BCUT2D eigenvalue weighted by Gasteiger charge is -2.09. The number of rotatable bonds is 6. The Balaban J connectivity index is 2.13. The normalized spacial score (nSPS) is 12.1. The van der Waals surface area contributed by atoms with Crippen LogP contribution in [-0.2, 0) is 0 Å². The van der Waals surface area contributed by atoms with E-state index < -0.39 is 0 Å². The summed E-state index contributed by atoms with van der Waals surface area (Å²) in [5.41, 5.74) is 2.47. The third-order valence-corrected chi connectivity index (χ3v) is 4.37. The van der Waals surface area contributed by atoms with Gasteiger partial charge in [-0.3, -0.25) is 0 Å². The first-order valence-corrected chi connectivity index (χ1v) is 8.18. The predicted molar refractivity (Wildman–Crippen MR) is 91.1 cm³/mol. The molecule has 1 nitrogen and oxygen atoms in total. The molecule has 0 radical (unpaired) electrons. The Labute approximate surface area is 130 Å². The molecule has 0 spiro atoms. The maximum atomic E-state index is 13.0. The van der Waals surface area contributed by atoms with Crippen molar-refractivity contribution in [1.29, 1.82) is 0 Å². The third-order valence-electron chi connectivity index (χ3n) is 3.29. The number of thiophene rings is 1. The zero-order valence-corrected chi connectivity index (χ0v) is 13.6. The van der Waals surface area contributed by atoms with E-state index in [4.69, 9.17) is 0 Å². The quantitative estimate of drug-likeness (QED) is 0.759. The molecule has 1 aromatic heterocycles. The molecule has 0 bridgehead atoms. The summed E-state index contributed by atoms with van der Waals surface area (Å²) in [7, 11) is 0. The molecule has 0 fully saturated rings. The van der Waals surface area contributed by atoms with Crippen LogP contribution in [0.15, 0.2) is 42.0 Å². The Morgan fingerprint density at radius 2 is 1.90 bits per heavy atom. The topological polar surface area (TPSA) is 12.0 Å². The molecule has 21 heavy (non-hydrogen) atoms. The Kier molecular flexibility index (Phi) is 5.71. The highest BCUT2D eigenvalue weighted by atomic mass is 32.1. The summed E-state index contributed by atoms with van der Waals surface area (Å²) in [4.78, 5) is 2.42. The van der Waals surface area contributed by atoms with Crippen molar-refractivity contribution in [2.24, 2.45) is 0 Å². The summed E-state index contributed by atoms with van der Waals surface area (Å²) >= 11 is 1.74. The van der Waals surface area contributed by atoms with Crippen molar-refractivity contribution in [2.45, 2.75) is 33.2 Å². The maximum Gasteiger partial charge on any atom is 0.123 e. The molecule has 2 aromatic rings. The third kappa shape index (κ3) is 4.80. The maximum absolute atomic E-state index is 13.0. The van der Waals surface area contributed by atoms with E-state index in [1.54, 1.807) is 11.3 Å². The van der Waals surface area contributed by atoms with Crippen LogP contribution in [0.25, 0.3) is 16.5 Å². The van der Waals surface area contributed by atoms with Gasteiger partial charge in [-0.2, -0.15) is 0 Å². The molecule has 0 aliphatic rings. The van der Waals surface area contributed by atoms with Gasteiger partial charge in [-0.1, -0.05) is 38.5 Å². The lowest BCUT2D eigenvalue weighted by molar-refractivity contribution is 0.617. The number of hydrogen-bond acceptors (Lipinski definition) is 2. The molecule has 0 amide bonds. The first kappa shape index (κ1) is 15.9. The molecule has 112 valence electrons. The van der Waals surface area contributed by atoms with Gasteiger partial charge in [-0.05, 0) is 42.3 Å². The van der Waals surface area contributed by atoms with Crippen LogP contribution in [0.3, 0.4) is 0 Å². The highest BCUT2D eigenvalue weighted by Gasteiger charge is 2.03. The first-order valence-electron chi connectivity index (χ1n) is 7.37. The van der Waals surface area contributed by atoms with Crippen LogP contribution in [0, 0.1) is 5.82 Å². The SMILES string of the molecule is CCC(=Cc1ccc(-c2ccc(F)cc2)s1)CNC(C)C. The van der Waals surface area contributed by atoms with Crippen LogP contribution < -0.4 is 5.32 Å². The minimum Gasteiger partial charge on any atom is -0.311 e. The Morgan fingerprint density at radius 1 is 1.19 bits per heavy atom. The van der Waals surface area contributed by atoms with Gasteiger partial charge in [0.1, 0.15) is 5.82 Å². The van der Waals surface area contributed by atoms with E-state index in [2.05, 4.69) is 44.3 Å². The smallest absolute Gasteiger partial charge is 0.123 e. The van der Waals surface area contributed by atoms with Crippen LogP contribution in [0.2, 0.25) is 0 Å². The standard InChI is InChI=1S/C18H22FNS/c1-4-14(12-20-13(2)3)11-17-9-10-18(21-17)15-5-7-16(19)8-6-15/h5-11,13,20H,4,12H2,1-3H3. The largest absolute Gasteiger partial charge is 0.311 e. The zero-order chi connectivity index (χ0) is 15.2. The lowest BCUT2D eigenvalue weighted by Crippen LogP contribution is -2.24. The van der Waals surface area contributed by atoms with Gasteiger partial charge in [0.2, 0.25) is 0 Å². The fourth-order valence-electron chi connectivity index (χ4n) is 2.01. The molecular formula is C18H22FNS. The minimum absolute atomic E-state index is 0.191. The van der Waals surface area contributed by atoms with Crippen molar-refractivity contribution in [3.05, 3.63) is 52.7 Å². The minimum atomic E-state index is -0.191. The summed E-state index contributed by atoms with van der Waals surface area (Å²) in [6.07, 6.45) is 3.30. The fourth-order valence-corrected chi connectivity index (χ4v) is 3.02. The fraction of sp³-hybridized carbons (Fsp3) is 0.333. The number of halogens is 1. The van der Waals surface area contributed by atoms with E-state index in [-0.39, 0.29) is 5.82 Å². The van der Waals surface area contributed by atoms with Gasteiger partial charge in [0.25, 0.3) is 0 Å². The van der Waals surface area contributed by atoms with Gasteiger partial charge >= 0.3 is 0 Å². The van der Waals surface area contributed by atoms with Gasteiger partial charge in [-0.15, -0.1) is 11.3 Å². The van der Waals surface area contributed by atoms with Crippen molar-refractivity contribution in [1.82, 2.24) is 5.32 Å². The molecule has 1 heterocycles. The van der Waals surface area contributed by atoms with E-state index in [9.17, 15) is 4.39 Å². The molecule has 1 N–H and O–H groups in total.